The third-order valence-corrected chi connectivity index (χ3v) is 4.66. The van der Waals surface area contributed by atoms with Crippen molar-refractivity contribution in [3.05, 3.63) is 53.6 Å². The summed E-state index contributed by atoms with van der Waals surface area (Å²) in [6.07, 6.45) is 2.98. The molecular weight excluding hydrogens is 340 g/mol. The molecule has 0 fully saturated rings. The first-order chi connectivity index (χ1) is 13.1. The van der Waals surface area contributed by atoms with Gasteiger partial charge < -0.3 is 10.1 Å². The van der Waals surface area contributed by atoms with Crippen LogP contribution in [-0.2, 0) is 27.2 Å². The Morgan fingerprint density at radius 1 is 1.04 bits per heavy atom. The Morgan fingerprint density at radius 3 is 2.52 bits per heavy atom. The molecule has 0 saturated carbocycles. The lowest BCUT2D eigenvalue weighted by Crippen LogP contribution is -2.30. The number of rotatable bonds is 6. The fraction of sp³-hybridized carbons (Fsp3) is 0.364. The van der Waals surface area contributed by atoms with Crippen LogP contribution in [0.25, 0.3) is 0 Å². The number of hydrogen-bond acceptors (Lipinski definition) is 3. The molecule has 27 heavy (non-hydrogen) atoms. The Labute approximate surface area is 160 Å². The van der Waals surface area contributed by atoms with Gasteiger partial charge in [-0.3, -0.25) is 14.5 Å². The zero-order chi connectivity index (χ0) is 19.2. The lowest BCUT2D eigenvalue weighted by atomic mass is 10.0. The molecule has 0 atom stereocenters. The third kappa shape index (κ3) is 4.37. The maximum atomic E-state index is 13.0. The minimum atomic E-state index is -0.107. The average molecular weight is 366 g/mol. The van der Waals surface area contributed by atoms with E-state index in [1.807, 2.05) is 50.2 Å². The van der Waals surface area contributed by atoms with E-state index in [2.05, 4.69) is 11.4 Å². The number of aryl methyl sites for hydroxylation is 2. The van der Waals surface area contributed by atoms with Crippen LogP contribution in [0.1, 0.15) is 37.8 Å². The molecule has 5 nitrogen and oxygen atoms in total. The molecular formula is C22H26N2O3. The van der Waals surface area contributed by atoms with Crippen LogP contribution in [0.2, 0.25) is 0 Å². The van der Waals surface area contributed by atoms with Gasteiger partial charge in [0.2, 0.25) is 5.91 Å². The second-order valence-corrected chi connectivity index (χ2v) is 6.64. The van der Waals surface area contributed by atoms with Crippen molar-refractivity contribution in [1.82, 2.24) is 0 Å². The van der Waals surface area contributed by atoms with Crippen LogP contribution in [0.3, 0.4) is 0 Å². The molecule has 2 aromatic rings. The minimum absolute atomic E-state index is 0.0151. The molecule has 0 aliphatic carbocycles. The van der Waals surface area contributed by atoms with Gasteiger partial charge in [-0.05, 0) is 55.5 Å². The van der Waals surface area contributed by atoms with Gasteiger partial charge in [0, 0.05) is 18.7 Å². The van der Waals surface area contributed by atoms with Gasteiger partial charge in [0.05, 0.1) is 11.4 Å². The molecule has 0 spiro atoms. The SMILES string of the molecule is CCCC(=O)Nc1ccc2c(c1)N(C(=O)COCC)c1ccccc1CC2. The molecule has 5 heteroatoms. The second-order valence-electron chi connectivity index (χ2n) is 6.64. The predicted octanol–water partition coefficient (Wildman–Crippen LogP) is 4.23. The molecule has 142 valence electrons. The van der Waals surface area contributed by atoms with E-state index < -0.39 is 0 Å². The summed E-state index contributed by atoms with van der Waals surface area (Å²) in [5, 5.41) is 2.93. The van der Waals surface area contributed by atoms with Crippen molar-refractivity contribution in [2.45, 2.75) is 39.5 Å². The Morgan fingerprint density at radius 2 is 1.78 bits per heavy atom. The molecule has 0 unspecified atom stereocenters. The second kappa shape index (κ2) is 8.82. The Kier molecular flexibility index (Phi) is 6.24. The molecule has 1 aliphatic rings. The number of hydrogen-bond donors (Lipinski definition) is 1. The molecule has 0 aromatic heterocycles. The molecule has 2 amide bonds. The average Bonchev–Trinajstić information content (AvgIpc) is 2.83. The number of anilines is 3. The van der Waals surface area contributed by atoms with Crippen molar-refractivity contribution in [1.29, 1.82) is 0 Å². The number of amides is 2. The van der Waals surface area contributed by atoms with E-state index in [0.717, 1.165) is 41.8 Å². The molecule has 1 N–H and O–H groups in total. The van der Waals surface area contributed by atoms with E-state index in [4.69, 9.17) is 4.74 Å². The normalized spacial score (nSPS) is 12.7. The van der Waals surface area contributed by atoms with Crippen LogP contribution in [0.5, 0.6) is 0 Å². The van der Waals surface area contributed by atoms with Gasteiger partial charge in [0.25, 0.3) is 5.91 Å². The predicted molar refractivity (Wildman–Crippen MR) is 107 cm³/mol. The Bertz CT molecular complexity index is 832. The van der Waals surface area contributed by atoms with Crippen molar-refractivity contribution in [2.24, 2.45) is 0 Å². The smallest absolute Gasteiger partial charge is 0.257 e. The van der Waals surface area contributed by atoms with E-state index in [9.17, 15) is 9.59 Å². The number of ether oxygens (including phenoxy) is 1. The van der Waals surface area contributed by atoms with Crippen LogP contribution in [-0.4, -0.2) is 25.0 Å². The zero-order valence-corrected chi connectivity index (χ0v) is 16.0. The summed E-state index contributed by atoms with van der Waals surface area (Å²) in [7, 11) is 0. The quantitative estimate of drug-likeness (QED) is 0.832. The van der Waals surface area contributed by atoms with Gasteiger partial charge in [-0.15, -0.1) is 0 Å². The number of nitrogens with zero attached hydrogens (tertiary/aromatic N) is 1. The van der Waals surface area contributed by atoms with E-state index in [1.54, 1.807) is 4.90 Å². The number of nitrogens with one attached hydrogen (secondary N) is 1. The minimum Gasteiger partial charge on any atom is -0.372 e. The van der Waals surface area contributed by atoms with Crippen LogP contribution >= 0.6 is 0 Å². The first kappa shape index (κ1) is 19.1. The van der Waals surface area contributed by atoms with Crippen LogP contribution in [0.4, 0.5) is 17.1 Å². The Balaban J connectivity index is 2.02. The zero-order valence-electron chi connectivity index (χ0n) is 16.0. The van der Waals surface area contributed by atoms with Gasteiger partial charge in [0.15, 0.2) is 0 Å². The maximum absolute atomic E-state index is 13.0. The summed E-state index contributed by atoms with van der Waals surface area (Å²) in [5.74, 6) is -0.122. The molecule has 1 heterocycles. The van der Waals surface area contributed by atoms with Gasteiger partial charge >= 0.3 is 0 Å². The standard InChI is InChI=1S/C22H26N2O3/c1-3-7-21(25)23-18-13-12-17-11-10-16-8-5-6-9-19(16)24(20(17)14-18)22(26)15-27-4-2/h5-6,8-9,12-14H,3-4,7,10-11,15H2,1-2H3,(H,23,25). The van der Waals surface area contributed by atoms with Crippen LogP contribution in [0, 0.1) is 0 Å². The van der Waals surface area contributed by atoms with E-state index >= 15 is 0 Å². The summed E-state index contributed by atoms with van der Waals surface area (Å²) >= 11 is 0. The van der Waals surface area contributed by atoms with E-state index in [1.165, 1.54) is 0 Å². The third-order valence-electron chi connectivity index (χ3n) is 4.66. The lowest BCUT2D eigenvalue weighted by molar-refractivity contribution is -0.122. The molecule has 0 radical (unpaired) electrons. The molecule has 0 saturated heterocycles. The Hall–Kier alpha value is -2.66. The fourth-order valence-corrected chi connectivity index (χ4v) is 3.37. The molecule has 0 bridgehead atoms. The summed E-state index contributed by atoms with van der Waals surface area (Å²) in [6.45, 7) is 4.36. The first-order valence-corrected chi connectivity index (χ1v) is 9.55. The van der Waals surface area contributed by atoms with Gasteiger partial charge in [-0.25, -0.2) is 0 Å². The van der Waals surface area contributed by atoms with Crippen molar-refractivity contribution in [3.8, 4) is 0 Å². The number of carbonyl (C=O) groups excluding carboxylic acids is 2. The summed E-state index contributed by atoms with van der Waals surface area (Å²) < 4.78 is 5.39. The van der Waals surface area contributed by atoms with Gasteiger partial charge in [-0.2, -0.15) is 0 Å². The molecule has 1 aliphatic heterocycles. The highest BCUT2D eigenvalue weighted by Gasteiger charge is 2.26. The molecule has 3 rings (SSSR count). The lowest BCUT2D eigenvalue weighted by Gasteiger charge is -2.25. The highest BCUT2D eigenvalue weighted by atomic mass is 16.5. The topological polar surface area (TPSA) is 58.6 Å². The number of carbonyl (C=O) groups is 2. The van der Waals surface area contributed by atoms with Crippen LogP contribution in [0.15, 0.2) is 42.5 Å². The summed E-state index contributed by atoms with van der Waals surface area (Å²) in [4.78, 5) is 26.7. The highest BCUT2D eigenvalue weighted by Crippen LogP contribution is 2.37. The van der Waals surface area contributed by atoms with E-state index in [-0.39, 0.29) is 18.4 Å². The van der Waals surface area contributed by atoms with Crippen molar-refractivity contribution >= 4 is 28.9 Å². The summed E-state index contributed by atoms with van der Waals surface area (Å²) in [5.41, 5.74) is 4.64. The molecule has 2 aromatic carbocycles. The largest absolute Gasteiger partial charge is 0.372 e. The van der Waals surface area contributed by atoms with Crippen LogP contribution < -0.4 is 10.2 Å². The van der Waals surface area contributed by atoms with Crippen molar-refractivity contribution in [3.63, 3.8) is 0 Å². The fourth-order valence-electron chi connectivity index (χ4n) is 3.37. The first-order valence-electron chi connectivity index (χ1n) is 9.55. The number of fused-ring (bicyclic) bond motifs is 2. The van der Waals surface area contributed by atoms with Gasteiger partial charge in [-0.1, -0.05) is 31.2 Å². The van der Waals surface area contributed by atoms with E-state index in [0.29, 0.717) is 18.7 Å². The number of benzene rings is 2. The monoisotopic (exact) mass is 366 g/mol. The summed E-state index contributed by atoms with van der Waals surface area (Å²) in [6, 6.07) is 13.8. The number of para-hydroxylation sites is 1. The van der Waals surface area contributed by atoms with Gasteiger partial charge in [0.1, 0.15) is 6.61 Å². The highest BCUT2D eigenvalue weighted by molar-refractivity contribution is 6.04. The van der Waals surface area contributed by atoms with Crippen molar-refractivity contribution in [2.75, 3.05) is 23.4 Å². The maximum Gasteiger partial charge on any atom is 0.257 e. The van der Waals surface area contributed by atoms with Crippen molar-refractivity contribution < 1.29 is 14.3 Å².